The largest absolute Gasteiger partial charge is 0.378 e. The first kappa shape index (κ1) is 9.44. The molecular weight excluding hydrogens is 164 g/mol. The Morgan fingerprint density at radius 3 is 2.77 bits per heavy atom. The van der Waals surface area contributed by atoms with Crippen molar-refractivity contribution in [2.45, 2.75) is 37.8 Å². The lowest BCUT2D eigenvalue weighted by Gasteiger charge is -2.39. The second-order valence-electron chi connectivity index (χ2n) is 4.14. The predicted molar refractivity (Wildman–Crippen MR) is 52.6 cm³/mol. The molecule has 76 valence electrons. The third-order valence-electron chi connectivity index (χ3n) is 3.34. The lowest BCUT2D eigenvalue weighted by Crippen LogP contribution is -2.53. The van der Waals surface area contributed by atoms with Crippen LogP contribution in [-0.2, 0) is 4.74 Å². The molecule has 1 saturated carbocycles. The Labute approximate surface area is 80.2 Å². The van der Waals surface area contributed by atoms with Crippen molar-refractivity contribution in [1.29, 1.82) is 0 Å². The standard InChI is InChI=1S/C10H20N2O/c11-7-10-8-13-6-5-12(10)9-3-1-2-4-9/h9-10H,1-8,11H2. The smallest absolute Gasteiger partial charge is 0.0634 e. The van der Waals surface area contributed by atoms with Crippen molar-refractivity contribution in [3.05, 3.63) is 0 Å². The Balaban J connectivity index is 1.93. The van der Waals surface area contributed by atoms with E-state index in [1.165, 1.54) is 25.7 Å². The summed E-state index contributed by atoms with van der Waals surface area (Å²) in [7, 11) is 0. The van der Waals surface area contributed by atoms with Gasteiger partial charge in [-0.05, 0) is 12.8 Å². The quantitative estimate of drug-likeness (QED) is 0.682. The second kappa shape index (κ2) is 4.40. The van der Waals surface area contributed by atoms with Crippen molar-refractivity contribution in [3.8, 4) is 0 Å². The lowest BCUT2D eigenvalue weighted by molar-refractivity contribution is -0.0240. The lowest BCUT2D eigenvalue weighted by atomic mass is 10.1. The molecule has 2 rings (SSSR count). The first-order chi connectivity index (χ1) is 6.42. The van der Waals surface area contributed by atoms with Crippen LogP contribution in [0.3, 0.4) is 0 Å². The van der Waals surface area contributed by atoms with Gasteiger partial charge < -0.3 is 10.5 Å². The molecule has 0 aromatic rings. The summed E-state index contributed by atoms with van der Waals surface area (Å²) in [6, 6.07) is 1.29. The first-order valence-electron chi connectivity index (χ1n) is 5.45. The van der Waals surface area contributed by atoms with Crippen LogP contribution < -0.4 is 5.73 Å². The van der Waals surface area contributed by atoms with E-state index in [1.54, 1.807) is 0 Å². The van der Waals surface area contributed by atoms with Crippen LogP contribution >= 0.6 is 0 Å². The van der Waals surface area contributed by atoms with Crippen molar-refractivity contribution in [3.63, 3.8) is 0 Å². The van der Waals surface area contributed by atoms with Gasteiger partial charge in [0.1, 0.15) is 0 Å². The molecule has 2 aliphatic rings. The molecule has 1 unspecified atom stereocenters. The topological polar surface area (TPSA) is 38.5 Å². The molecule has 0 radical (unpaired) electrons. The van der Waals surface area contributed by atoms with Crippen LogP contribution in [0, 0.1) is 0 Å². The van der Waals surface area contributed by atoms with Crippen LogP contribution in [0.25, 0.3) is 0 Å². The molecule has 0 amide bonds. The highest BCUT2D eigenvalue weighted by atomic mass is 16.5. The molecule has 1 heterocycles. The Morgan fingerprint density at radius 2 is 2.08 bits per heavy atom. The van der Waals surface area contributed by atoms with E-state index in [4.69, 9.17) is 10.5 Å². The summed E-state index contributed by atoms with van der Waals surface area (Å²) in [6.45, 7) is 3.57. The van der Waals surface area contributed by atoms with Crippen LogP contribution in [0.5, 0.6) is 0 Å². The Bertz CT molecular complexity index is 155. The van der Waals surface area contributed by atoms with Gasteiger partial charge in [-0.15, -0.1) is 0 Å². The first-order valence-corrected chi connectivity index (χ1v) is 5.45. The SMILES string of the molecule is NCC1COCCN1C1CCCC1. The molecule has 3 heteroatoms. The monoisotopic (exact) mass is 184 g/mol. The summed E-state index contributed by atoms with van der Waals surface area (Å²) >= 11 is 0. The summed E-state index contributed by atoms with van der Waals surface area (Å²) in [4.78, 5) is 2.58. The molecule has 0 spiro atoms. The zero-order valence-corrected chi connectivity index (χ0v) is 8.24. The predicted octanol–water partition coefficient (Wildman–Crippen LogP) is 0.588. The molecule has 1 aliphatic heterocycles. The fourth-order valence-corrected chi connectivity index (χ4v) is 2.59. The summed E-state index contributed by atoms with van der Waals surface area (Å²) < 4.78 is 5.44. The fraction of sp³-hybridized carbons (Fsp3) is 1.00. The average molecular weight is 184 g/mol. The molecule has 0 aromatic carbocycles. The molecule has 2 fully saturated rings. The van der Waals surface area contributed by atoms with E-state index in [0.717, 1.165) is 32.3 Å². The summed E-state index contributed by atoms with van der Waals surface area (Å²) in [5, 5.41) is 0. The van der Waals surface area contributed by atoms with Gasteiger partial charge in [0.05, 0.1) is 13.2 Å². The maximum absolute atomic E-state index is 5.74. The number of nitrogens with zero attached hydrogens (tertiary/aromatic N) is 1. The molecular formula is C10H20N2O. The van der Waals surface area contributed by atoms with Crippen molar-refractivity contribution in [2.24, 2.45) is 5.73 Å². The van der Waals surface area contributed by atoms with E-state index < -0.39 is 0 Å². The minimum absolute atomic E-state index is 0.483. The van der Waals surface area contributed by atoms with E-state index in [1.807, 2.05) is 0 Å². The van der Waals surface area contributed by atoms with Crippen molar-refractivity contribution in [1.82, 2.24) is 4.90 Å². The third-order valence-corrected chi connectivity index (χ3v) is 3.34. The summed E-state index contributed by atoms with van der Waals surface area (Å²) in [6.07, 6.45) is 5.55. The molecule has 0 bridgehead atoms. The Hall–Kier alpha value is -0.120. The van der Waals surface area contributed by atoms with Crippen LogP contribution in [0.1, 0.15) is 25.7 Å². The van der Waals surface area contributed by atoms with Gasteiger partial charge in [-0.1, -0.05) is 12.8 Å². The Morgan fingerprint density at radius 1 is 1.31 bits per heavy atom. The van der Waals surface area contributed by atoms with Gasteiger partial charge in [0, 0.05) is 25.2 Å². The van der Waals surface area contributed by atoms with Crippen LogP contribution in [0.2, 0.25) is 0 Å². The molecule has 3 nitrogen and oxygen atoms in total. The zero-order valence-electron chi connectivity index (χ0n) is 8.24. The van der Waals surface area contributed by atoms with Gasteiger partial charge in [0.2, 0.25) is 0 Å². The van der Waals surface area contributed by atoms with Crippen LogP contribution in [0.4, 0.5) is 0 Å². The van der Waals surface area contributed by atoms with Crippen molar-refractivity contribution < 1.29 is 4.74 Å². The molecule has 0 aromatic heterocycles. The highest BCUT2D eigenvalue weighted by molar-refractivity contribution is 4.85. The number of hydrogen-bond acceptors (Lipinski definition) is 3. The maximum Gasteiger partial charge on any atom is 0.0634 e. The van der Waals surface area contributed by atoms with E-state index in [-0.39, 0.29) is 0 Å². The fourth-order valence-electron chi connectivity index (χ4n) is 2.59. The molecule has 13 heavy (non-hydrogen) atoms. The highest BCUT2D eigenvalue weighted by Crippen LogP contribution is 2.25. The van der Waals surface area contributed by atoms with E-state index in [0.29, 0.717) is 6.04 Å². The minimum Gasteiger partial charge on any atom is -0.378 e. The number of morpholine rings is 1. The summed E-state index contributed by atoms with van der Waals surface area (Å²) in [5.41, 5.74) is 5.74. The number of rotatable bonds is 2. The highest BCUT2D eigenvalue weighted by Gasteiger charge is 2.29. The summed E-state index contributed by atoms with van der Waals surface area (Å²) in [5.74, 6) is 0. The normalized spacial score (nSPS) is 32.5. The van der Waals surface area contributed by atoms with Crippen LogP contribution in [0.15, 0.2) is 0 Å². The van der Waals surface area contributed by atoms with Crippen LogP contribution in [-0.4, -0.2) is 43.3 Å². The van der Waals surface area contributed by atoms with E-state index >= 15 is 0 Å². The van der Waals surface area contributed by atoms with Gasteiger partial charge >= 0.3 is 0 Å². The average Bonchev–Trinajstić information content (AvgIpc) is 2.70. The molecule has 1 atom stereocenters. The second-order valence-corrected chi connectivity index (χ2v) is 4.14. The molecule has 2 N–H and O–H groups in total. The van der Waals surface area contributed by atoms with E-state index in [9.17, 15) is 0 Å². The Kier molecular flexibility index (Phi) is 3.19. The van der Waals surface area contributed by atoms with Crippen molar-refractivity contribution >= 4 is 0 Å². The van der Waals surface area contributed by atoms with Gasteiger partial charge in [-0.3, -0.25) is 4.90 Å². The zero-order chi connectivity index (χ0) is 9.10. The molecule has 1 saturated heterocycles. The van der Waals surface area contributed by atoms with Crippen molar-refractivity contribution in [2.75, 3.05) is 26.3 Å². The third kappa shape index (κ3) is 2.03. The number of ether oxygens (including phenoxy) is 1. The minimum atomic E-state index is 0.483. The number of nitrogens with two attached hydrogens (primary N) is 1. The van der Waals surface area contributed by atoms with E-state index in [2.05, 4.69) is 4.90 Å². The number of hydrogen-bond donors (Lipinski definition) is 1. The van der Waals surface area contributed by atoms with Gasteiger partial charge in [0.15, 0.2) is 0 Å². The maximum atomic E-state index is 5.74. The van der Waals surface area contributed by atoms with Gasteiger partial charge in [-0.25, -0.2) is 0 Å². The molecule has 1 aliphatic carbocycles. The van der Waals surface area contributed by atoms with Gasteiger partial charge in [-0.2, -0.15) is 0 Å². The van der Waals surface area contributed by atoms with Gasteiger partial charge in [0.25, 0.3) is 0 Å².